The van der Waals surface area contributed by atoms with Gasteiger partial charge in [0.1, 0.15) is 5.03 Å². The normalized spacial score (nSPS) is 15.0. The van der Waals surface area contributed by atoms with E-state index in [-0.39, 0.29) is 0 Å². The summed E-state index contributed by atoms with van der Waals surface area (Å²) in [5.74, 6) is 1.77. The van der Waals surface area contributed by atoms with E-state index in [9.17, 15) is 4.21 Å². The highest BCUT2D eigenvalue weighted by molar-refractivity contribution is 7.84. The lowest BCUT2D eigenvalue weighted by atomic mass is 10.1. The lowest BCUT2D eigenvalue weighted by molar-refractivity contribution is 0.297. The number of pyridine rings is 1. The molecule has 1 aliphatic heterocycles. The Bertz CT molecular complexity index is 719. The topological polar surface area (TPSA) is 48.4 Å². The van der Waals surface area contributed by atoms with E-state index >= 15 is 0 Å². The van der Waals surface area contributed by atoms with Crippen molar-refractivity contribution < 1.29 is 13.7 Å². The zero-order chi connectivity index (χ0) is 16.2. The fraction of sp³-hybridized carbons (Fsp3) is 0.353. The van der Waals surface area contributed by atoms with Crippen molar-refractivity contribution in [3.8, 4) is 11.5 Å². The lowest BCUT2D eigenvalue weighted by Gasteiger charge is -2.11. The Morgan fingerprint density at radius 2 is 2.09 bits per heavy atom. The summed E-state index contributed by atoms with van der Waals surface area (Å²) in [7, 11) is -1.13. The SMILES string of the molecule is Cc1ccc(S(=O)CCc2cc(Cl)c3c(c2)OCCCO3)nc1. The fourth-order valence-electron chi connectivity index (χ4n) is 2.33. The van der Waals surface area contributed by atoms with Gasteiger partial charge in [-0.3, -0.25) is 4.21 Å². The van der Waals surface area contributed by atoms with E-state index in [2.05, 4.69) is 4.98 Å². The van der Waals surface area contributed by atoms with E-state index in [0.717, 1.165) is 17.5 Å². The van der Waals surface area contributed by atoms with Crippen molar-refractivity contribution in [2.24, 2.45) is 0 Å². The summed E-state index contributed by atoms with van der Waals surface area (Å²) in [6.07, 6.45) is 3.21. The van der Waals surface area contributed by atoms with Crippen LogP contribution in [0.1, 0.15) is 17.5 Å². The Morgan fingerprint density at radius 1 is 1.26 bits per heavy atom. The first-order chi connectivity index (χ1) is 11.1. The molecular formula is C17H18ClNO3S. The smallest absolute Gasteiger partial charge is 0.179 e. The summed E-state index contributed by atoms with van der Waals surface area (Å²) >= 11 is 6.28. The van der Waals surface area contributed by atoms with Gasteiger partial charge in [0.05, 0.1) is 29.0 Å². The van der Waals surface area contributed by atoms with Gasteiger partial charge in [0.2, 0.25) is 0 Å². The lowest BCUT2D eigenvalue weighted by Crippen LogP contribution is -2.04. The number of hydrogen-bond acceptors (Lipinski definition) is 4. The number of aromatic nitrogens is 1. The number of halogens is 1. The van der Waals surface area contributed by atoms with Crippen molar-refractivity contribution in [1.29, 1.82) is 0 Å². The third-order valence-corrected chi connectivity index (χ3v) is 5.12. The van der Waals surface area contributed by atoms with Crippen molar-refractivity contribution in [1.82, 2.24) is 4.98 Å². The molecule has 1 unspecified atom stereocenters. The fourth-order valence-corrected chi connectivity index (χ4v) is 3.64. The van der Waals surface area contributed by atoms with Crippen LogP contribution in [-0.4, -0.2) is 28.2 Å². The van der Waals surface area contributed by atoms with E-state index in [1.54, 1.807) is 6.20 Å². The first-order valence-electron chi connectivity index (χ1n) is 7.52. The van der Waals surface area contributed by atoms with Gasteiger partial charge >= 0.3 is 0 Å². The van der Waals surface area contributed by atoms with Crippen molar-refractivity contribution >= 4 is 22.4 Å². The predicted molar refractivity (Wildman–Crippen MR) is 91.0 cm³/mol. The molecule has 1 atom stereocenters. The molecule has 4 nitrogen and oxygen atoms in total. The number of fused-ring (bicyclic) bond motifs is 1. The molecule has 0 radical (unpaired) electrons. The largest absolute Gasteiger partial charge is 0.489 e. The quantitative estimate of drug-likeness (QED) is 0.845. The number of hydrogen-bond donors (Lipinski definition) is 0. The highest BCUT2D eigenvalue weighted by Gasteiger charge is 2.16. The van der Waals surface area contributed by atoms with Crippen molar-refractivity contribution in [3.63, 3.8) is 0 Å². The average Bonchev–Trinajstić information content (AvgIpc) is 2.79. The number of rotatable bonds is 4. The van der Waals surface area contributed by atoms with Crippen LogP contribution < -0.4 is 9.47 Å². The van der Waals surface area contributed by atoms with E-state index in [1.807, 2.05) is 31.2 Å². The molecule has 23 heavy (non-hydrogen) atoms. The second kappa shape index (κ2) is 7.32. The first-order valence-corrected chi connectivity index (χ1v) is 9.22. The van der Waals surface area contributed by atoms with Crippen LogP contribution in [0.3, 0.4) is 0 Å². The average molecular weight is 352 g/mol. The van der Waals surface area contributed by atoms with E-state index < -0.39 is 10.8 Å². The Hall–Kier alpha value is -1.59. The molecule has 122 valence electrons. The first kappa shape index (κ1) is 16.3. The summed E-state index contributed by atoms with van der Waals surface area (Å²) in [4.78, 5) is 4.22. The predicted octanol–water partition coefficient (Wildman–Crippen LogP) is 3.56. The van der Waals surface area contributed by atoms with Crippen LogP contribution >= 0.6 is 11.6 Å². The Balaban J connectivity index is 1.71. The van der Waals surface area contributed by atoms with Crippen LogP contribution in [0.4, 0.5) is 0 Å². The van der Waals surface area contributed by atoms with Gasteiger partial charge in [-0.2, -0.15) is 0 Å². The molecule has 0 saturated carbocycles. The number of aryl methyl sites for hydroxylation is 2. The zero-order valence-corrected chi connectivity index (χ0v) is 14.5. The van der Waals surface area contributed by atoms with Gasteiger partial charge in [-0.25, -0.2) is 4.98 Å². The summed E-state index contributed by atoms with van der Waals surface area (Å²) in [5.41, 5.74) is 2.04. The highest BCUT2D eigenvalue weighted by Crippen LogP contribution is 2.38. The monoisotopic (exact) mass is 351 g/mol. The van der Waals surface area contributed by atoms with Crippen molar-refractivity contribution in [3.05, 3.63) is 46.6 Å². The Morgan fingerprint density at radius 3 is 2.87 bits per heavy atom. The van der Waals surface area contributed by atoms with Gasteiger partial charge < -0.3 is 9.47 Å². The van der Waals surface area contributed by atoms with Crippen LogP contribution in [0, 0.1) is 6.92 Å². The molecule has 6 heteroatoms. The van der Waals surface area contributed by atoms with Crippen LogP contribution in [0.25, 0.3) is 0 Å². The second-order valence-electron chi connectivity index (χ2n) is 5.43. The van der Waals surface area contributed by atoms with Gasteiger partial charge in [0.15, 0.2) is 11.5 Å². The zero-order valence-electron chi connectivity index (χ0n) is 12.9. The molecule has 0 saturated heterocycles. The number of benzene rings is 1. The maximum absolute atomic E-state index is 12.3. The molecule has 0 bridgehead atoms. The molecule has 2 aromatic rings. The summed E-state index contributed by atoms with van der Waals surface area (Å²) in [6, 6.07) is 7.51. The van der Waals surface area contributed by atoms with Crippen LogP contribution in [0.5, 0.6) is 11.5 Å². The van der Waals surface area contributed by atoms with E-state index in [0.29, 0.717) is 46.9 Å². The third-order valence-electron chi connectivity index (χ3n) is 3.56. The molecule has 0 N–H and O–H groups in total. The summed E-state index contributed by atoms with van der Waals surface area (Å²) < 4.78 is 23.6. The third kappa shape index (κ3) is 4.03. The van der Waals surface area contributed by atoms with Crippen LogP contribution in [-0.2, 0) is 17.2 Å². The number of nitrogens with zero attached hydrogens (tertiary/aromatic N) is 1. The molecule has 1 aromatic carbocycles. The standard InChI is InChI=1S/C17H18ClNO3S/c1-12-3-4-16(19-11-12)23(20)8-5-13-9-14(18)17-15(10-13)21-6-2-7-22-17/h3-4,9-11H,2,5-8H2,1H3. The number of ether oxygens (including phenoxy) is 2. The molecule has 1 aromatic heterocycles. The molecule has 2 heterocycles. The summed E-state index contributed by atoms with van der Waals surface area (Å²) in [6.45, 7) is 3.18. The molecule has 3 rings (SSSR count). The van der Waals surface area contributed by atoms with Gasteiger partial charge in [-0.05, 0) is 42.7 Å². The van der Waals surface area contributed by atoms with Crippen molar-refractivity contribution in [2.45, 2.75) is 24.8 Å². The minimum Gasteiger partial charge on any atom is -0.489 e. The van der Waals surface area contributed by atoms with Crippen LogP contribution in [0.2, 0.25) is 5.02 Å². The second-order valence-corrected chi connectivity index (χ2v) is 7.35. The van der Waals surface area contributed by atoms with E-state index in [4.69, 9.17) is 21.1 Å². The minimum atomic E-state index is -1.13. The van der Waals surface area contributed by atoms with Gasteiger partial charge in [0, 0.05) is 18.4 Å². The van der Waals surface area contributed by atoms with Gasteiger partial charge in [-0.1, -0.05) is 17.7 Å². The van der Waals surface area contributed by atoms with Crippen molar-refractivity contribution in [2.75, 3.05) is 19.0 Å². The molecular weight excluding hydrogens is 334 g/mol. The minimum absolute atomic E-state index is 0.492. The van der Waals surface area contributed by atoms with Gasteiger partial charge in [0.25, 0.3) is 0 Å². The van der Waals surface area contributed by atoms with Gasteiger partial charge in [-0.15, -0.1) is 0 Å². The van der Waals surface area contributed by atoms with E-state index in [1.165, 1.54) is 0 Å². The summed E-state index contributed by atoms with van der Waals surface area (Å²) in [5, 5.41) is 1.15. The Labute approximate surface area is 143 Å². The molecule has 0 amide bonds. The van der Waals surface area contributed by atoms with Crippen LogP contribution in [0.15, 0.2) is 35.5 Å². The maximum Gasteiger partial charge on any atom is 0.179 e. The molecule has 0 spiro atoms. The molecule has 1 aliphatic rings. The molecule has 0 fully saturated rings. The highest BCUT2D eigenvalue weighted by atomic mass is 35.5. The Kier molecular flexibility index (Phi) is 5.18. The maximum atomic E-state index is 12.3. The molecule has 0 aliphatic carbocycles.